The number of terminal acetylenes is 1. The Morgan fingerprint density at radius 1 is 1.18 bits per heavy atom. The number of nitrogens with zero attached hydrogens (tertiary/aromatic N) is 3. The summed E-state index contributed by atoms with van der Waals surface area (Å²) in [5.74, 6) is 2.20. The van der Waals surface area contributed by atoms with Crippen LogP contribution in [0.15, 0.2) is 46.3 Å². The smallest absolute Gasteiger partial charge is 0.279 e. The van der Waals surface area contributed by atoms with Gasteiger partial charge in [-0.25, -0.2) is 8.42 Å². The van der Waals surface area contributed by atoms with E-state index < -0.39 is 15.9 Å². The van der Waals surface area contributed by atoms with Crippen molar-refractivity contribution in [1.82, 2.24) is 8.87 Å². The van der Waals surface area contributed by atoms with Crippen LogP contribution in [0.2, 0.25) is 0 Å². The molecule has 0 unspecified atom stereocenters. The van der Waals surface area contributed by atoms with Crippen molar-refractivity contribution < 1.29 is 13.2 Å². The van der Waals surface area contributed by atoms with Crippen LogP contribution in [0.5, 0.6) is 0 Å². The van der Waals surface area contributed by atoms with Crippen LogP contribution in [0.3, 0.4) is 0 Å². The van der Waals surface area contributed by atoms with Crippen LogP contribution in [0.1, 0.15) is 47.2 Å². The zero-order valence-electron chi connectivity index (χ0n) is 19.0. The summed E-state index contributed by atoms with van der Waals surface area (Å²) in [6.45, 7) is 4.38. The third-order valence-corrected chi connectivity index (χ3v) is 9.33. The highest BCUT2D eigenvalue weighted by Gasteiger charge is 2.30. The van der Waals surface area contributed by atoms with E-state index in [9.17, 15) is 13.2 Å². The largest absolute Gasteiger partial charge is 0.305 e. The Morgan fingerprint density at radius 2 is 1.82 bits per heavy atom. The SMILES string of the molecule is C#CCn1c(=NC(=O)c2ccc(S(=O)(=O)N(C)C3CCCC3)cc2)sc2cc(C)c(C)cc21. The molecule has 1 heterocycles. The molecular formula is C25H27N3O3S2. The minimum atomic E-state index is -3.60. The number of amides is 1. The van der Waals surface area contributed by atoms with Gasteiger partial charge in [0.25, 0.3) is 5.91 Å². The number of carbonyl (C=O) groups is 1. The Hall–Kier alpha value is -2.73. The highest BCUT2D eigenvalue weighted by Crippen LogP contribution is 2.27. The minimum absolute atomic E-state index is 0.0399. The first kappa shape index (κ1) is 23.4. The Morgan fingerprint density at radius 3 is 2.45 bits per heavy atom. The lowest BCUT2D eigenvalue weighted by Crippen LogP contribution is -2.35. The highest BCUT2D eigenvalue weighted by molar-refractivity contribution is 7.89. The Labute approximate surface area is 198 Å². The van der Waals surface area contributed by atoms with Gasteiger partial charge < -0.3 is 4.57 Å². The molecule has 0 saturated heterocycles. The molecule has 8 heteroatoms. The summed E-state index contributed by atoms with van der Waals surface area (Å²) >= 11 is 1.41. The molecule has 1 aromatic heterocycles. The van der Waals surface area contributed by atoms with E-state index in [2.05, 4.69) is 23.0 Å². The van der Waals surface area contributed by atoms with Crippen molar-refractivity contribution in [1.29, 1.82) is 0 Å². The van der Waals surface area contributed by atoms with Crippen molar-refractivity contribution in [2.75, 3.05) is 7.05 Å². The lowest BCUT2D eigenvalue weighted by atomic mass is 10.1. The van der Waals surface area contributed by atoms with Crippen LogP contribution in [0.25, 0.3) is 10.2 Å². The fourth-order valence-electron chi connectivity index (χ4n) is 4.20. The van der Waals surface area contributed by atoms with E-state index in [0.29, 0.717) is 16.9 Å². The van der Waals surface area contributed by atoms with Crippen LogP contribution in [0.4, 0.5) is 0 Å². The number of thiazole rings is 1. The van der Waals surface area contributed by atoms with Crippen LogP contribution in [0, 0.1) is 26.2 Å². The van der Waals surface area contributed by atoms with Crippen LogP contribution < -0.4 is 4.80 Å². The lowest BCUT2D eigenvalue weighted by molar-refractivity contribution is 0.0998. The molecule has 33 heavy (non-hydrogen) atoms. The lowest BCUT2D eigenvalue weighted by Gasteiger charge is -2.23. The van der Waals surface area contributed by atoms with Gasteiger partial charge in [-0.15, -0.1) is 6.42 Å². The van der Waals surface area contributed by atoms with Gasteiger partial charge in [-0.05, 0) is 74.2 Å². The summed E-state index contributed by atoms with van der Waals surface area (Å²) in [7, 11) is -1.96. The average Bonchev–Trinajstić information content (AvgIpc) is 3.43. The molecule has 1 amide bonds. The maximum absolute atomic E-state index is 13.0. The molecule has 1 fully saturated rings. The molecule has 172 valence electrons. The van der Waals surface area contributed by atoms with E-state index in [4.69, 9.17) is 6.42 Å². The molecule has 0 atom stereocenters. The van der Waals surface area contributed by atoms with E-state index in [0.717, 1.165) is 47.0 Å². The topological polar surface area (TPSA) is 71.7 Å². The van der Waals surface area contributed by atoms with Crippen molar-refractivity contribution in [3.05, 3.63) is 57.9 Å². The molecular weight excluding hydrogens is 454 g/mol. The maximum atomic E-state index is 13.0. The molecule has 1 aliphatic rings. The van der Waals surface area contributed by atoms with Crippen LogP contribution >= 0.6 is 11.3 Å². The second-order valence-electron chi connectivity index (χ2n) is 8.48. The monoisotopic (exact) mass is 481 g/mol. The normalized spacial score (nSPS) is 15.4. The number of benzene rings is 2. The van der Waals surface area contributed by atoms with Crippen LogP contribution in [-0.2, 0) is 16.6 Å². The first-order valence-corrected chi connectivity index (χ1v) is 13.2. The van der Waals surface area contributed by atoms with Gasteiger partial charge in [0.1, 0.15) is 0 Å². The molecule has 0 N–H and O–H groups in total. The van der Waals surface area contributed by atoms with Crippen molar-refractivity contribution in [2.24, 2.45) is 4.99 Å². The molecule has 0 spiro atoms. The van der Waals surface area contributed by atoms with Gasteiger partial charge >= 0.3 is 0 Å². The molecule has 4 rings (SSSR count). The molecule has 1 aliphatic carbocycles. The minimum Gasteiger partial charge on any atom is -0.305 e. The average molecular weight is 482 g/mol. The standard InChI is InChI=1S/C25H27N3O3S2/c1-5-14-28-22-15-17(2)18(3)16-23(22)32-25(28)26-24(29)19-10-12-21(13-11-19)33(30,31)27(4)20-8-6-7-9-20/h1,10-13,15-16,20H,6-9,14H2,2-4H3. The molecule has 0 bridgehead atoms. The second-order valence-corrected chi connectivity index (χ2v) is 11.5. The summed E-state index contributed by atoms with van der Waals surface area (Å²) in [6, 6.07) is 10.2. The first-order valence-electron chi connectivity index (χ1n) is 10.9. The van der Waals surface area contributed by atoms with Gasteiger partial charge in [0.2, 0.25) is 10.0 Å². The predicted octanol–water partition coefficient (Wildman–Crippen LogP) is 4.26. The van der Waals surface area contributed by atoms with Crippen molar-refractivity contribution in [2.45, 2.75) is 57.0 Å². The number of sulfonamides is 1. The number of hydrogen-bond donors (Lipinski definition) is 0. The van der Waals surface area contributed by atoms with Gasteiger partial charge in [-0.2, -0.15) is 9.30 Å². The number of hydrogen-bond acceptors (Lipinski definition) is 4. The number of fused-ring (bicyclic) bond motifs is 1. The fourth-order valence-corrected chi connectivity index (χ4v) is 6.73. The van der Waals surface area contributed by atoms with E-state index >= 15 is 0 Å². The van der Waals surface area contributed by atoms with Gasteiger partial charge in [0, 0.05) is 18.7 Å². The summed E-state index contributed by atoms with van der Waals surface area (Å²) in [4.78, 5) is 17.9. The van der Waals surface area contributed by atoms with E-state index in [1.165, 1.54) is 39.9 Å². The molecule has 6 nitrogen and oxygen atoms in total. The Bertz CT molecular complexity index is 1420. The Balaban J connectivity index is 1.66. The molecule has 2 aromatic carbocycles. The molecule has 3 aromatic rings. The summed E-state index contributed by atoms with van der Waals surface area (Å²) < 4.78 is 30.3. The quantitative estimate of drug-likeness (QED) is 0.511. The molecule has 0 radical (unpaired) electrons. The van der Waals surface area contributed by atoms with E-state index in [1.807, 2.05) is 18.4 Å². The highest BCUT2D eigenvalue weighted by atomic mass is 32.2. The second kappa shape index (κ2) is 9.26. The fraction of sp³-hybridized carbons (Fsp3) is 0.360. The van der Waals surface area contributed by atoms with Crippen LogP contribution in [-0.4, -0.2) is 36.3 Å². The summed E-state index contributed by atoms with van der Waals surface area (Å²) in [5, 5.41) is 0. The summed E-state index contributed by atoms with van der Waals surface area (Å²) in [6.07, 6.45) is 9.44. The number of aromatic nitrogens is 1. The van der Waals surface area contributed by atoms with Crippen molar-refractivity contribution in [3.8, 4) is 12.3 Å². The molecule has 1 saturated carbocycles. The van der Waals surface area contributed by atoms with Gasteiger partial charge in [-0.1, -0.05) is 30.1 Å². The van der Waals surface area contributed by atoms with E-state index in [-0.39, 0.29) is 10.9 Å². The summed E-state index contributed by atoms with van der Waals surface area (Å²) in [5.41, 5.74) is 3.58. The first-order chi connectivity index (χ1) is 15.7. The maximum Gasteiger partial charge on any atom is 0.279 e. The zero-order valence-corrected chi connectivity index (χ0v) is 20.7. The predicted molar refractivity (Wildman–Crippen MR) is 132 cm³/mol. The third-order valence-electron chi connectivity index (χ3n) is 6.36. The van der Waals surface area contributed by atoms with Gasteiger partial charge in [0.15, 0.2) is 4.80 Å². The van der Waals surface area contributed by atoms with Gasteiger partial charge in [-0.3, -0.25) is 4.79 Å². The number of rotatable bonds is 5. The third kappa shape index (κ3) is 4.54. The van der Waals surface area contributed by atoms with E-state index in [1.54, 1.807) is 7.05 Å². The molecule has 0 aliphatic heterocycles. The number of carbonyl (C=O) groups excluding carboxylic acids is 1. The van der Waals surface area contributed by atoms with Gasteiger partial charge in [0.05, 0.1) is 21.7 Å². The Kier molecular flexibility index (Phi) is 6.57. The number of aryl methyl sites for hydroxylation is 2. The van der Waals surface area contributed by atoms with Crippen molar-refractivity contribution in [3.63, 3.8) is 0 Å². The van der Waals surface area contributed by atoms with Crippen molar-refractivity contribution >= 4 is 37.5 Å². The zero-order chi connectivity index (χ0) is 23.8.